The van der Waals surface area contributed by atoms with Gasteiger partial charge in [-0.1, -0.05) is 30.7 Å². The first-order valence-corrected chi connectivity index (χ1v) is 8.19. The summed E-state index contributed by atoms with van der Waals surface area (Å²) < 4.78 is 14.2. The van der Waals surface area contributed by atoms with E-state index in [0.29, 0.717) is 11.9 Å². The Morgan fingerprint density at radius 1 is 1.29 bits per heavy atom. The van der Waals surface area contributed by atoms with E-state index < -0.39 is 5.67 Å². The number of alkyl halides is 1. The van der Waals surface area contributed by atoms with Crippen molar-refractivity contribution in [2.75, 3.05) is 11.1 Å². The van der Waals surface area contributed by atoms with Crippen molar-refractivity contribution in [3.05, 3.63) is 40.7 Å². The molecule has 24 heavy (non-hydrogen) atoms. The molecule has 0 bridgehead atoms. The summed E-state index contributed by atoms with van der Waals surface area (Å²) in [7, 11) is 0. The first-order valence-electron chi connectivity index (χ1n) is 8.19. The molecule has 2 atom stereocenters. The molecule has 5 nitrogen and oxygen atoms in total. The quantitative estimate of drug-likeness (QED) is 0.901. The molecule has 6 heteroatoms. The van der Waals surface area contributed by atoms with Crippen LogP contribution in [0, 0.1) is 12.8 Å². The lowest BCUT2D eigenvalue weighted by Crippen LogP contribution is -2.36. The number of fused-ring (bicyclic) bond motifs is 1. The molecule has 128 valence electrons. The van der Waals surface area contributed by atoms with Gasteiger partial charge in [-0.3, -0.25) is 0 Å². The summed E-state index contributed by atoms with van der Waals surface area (Å²) in [6, 6.07) is 6.49. The third-order valence-electron chi connectivity index (χ3n) is 4.89. The normalized spacial score (nSPS) is 23.2. The number of nitrogen functional groups attached to an aromatic ring is 1. The minimum Gasteiger partial charge on any atom is -0.368 e. The van der Waals surface area contributed by atoms with E-state index in [1.165, 1.54) is 30.5 Å². The molecule has 1 aromatic heterocycles. The van der Waals surface area contributed by atoms with Gasteiger partial charge >= 0.3 is 0 Å². The van der Waals surface area contributed by atoms with Crippen molar-refractivity contribution < 1.29 is 4.39 Å². The Morgan fingerprint density at radius 3 is 2.67 bits per heavy atom. The van der Waals surface area contributed by atoms with Crippen LogP contribution in [0.5, 0.6) is 0 Å². The van der Waals surface area contributed by atoms with Crippen molar-refractivity contribution in [2.45, 2.75) is 52.2 Å². The molecule has 3 N–H and O–H groups in total. The fourth-order valence-corrected chi connectivity index (χ4v) is 3.29. The molecule has 0 fully saturated rings. The van der Waals surface area contributed by atoms with Crippen molar-refractivity contribution in [1.82, 2.24) is 15.0 Å². The molecule has 2 aromatic rings. The van der Waals surface area contributed by atoms with Crippen LogP contribution >= 0.6 is 0 Å². The number of nitrogens with zero attached hydrogens (tertiary/aromatic N) is 3. The van der Waals surface area contributed by atoms with Crippen LogP contribution < -0.4 is 11.1 Å². The Labute approximate surface area is 141 Å². The zero-order valence-corrected chi connectivity index (χ0v) is 14.8. The molecule has 1 heterocycles. The van der Waals surface area contributed by atoms with E-state index in [2.05, 4.69) is 59.2 Å². The third kappa shape index (κ3) is 2.81. The van der Waals surface area contributed by atoms with Gasteiger partial charge in [-0.05, 0) is 51.2 Å². The molecule has 0 amide bonds. The molecular weight excluding hydrogens is 305 g/mol. The number of rotatable bonds is 3. The minimum absolute atomic E-state index is 0.0203. The maximum atomic E-state index is 14.2. The van der Waals surface area contributed by atoms with E-state index in [4.69, 9.17) is 5.73 Å². The Balaban J connectivity index is 2.03. The summed E-state index contributed by atoms with van der Waals surface area (Å²) in [5, 5.41) is 3.39. The number of hydrogen-bond acceptors (Lipinski definition) is 5. The number of nitrogens with two attached hydrogens (primary N) is 1. The molecule has 1 aliphatic rings. The third-order valence-corrected chi connectivity index (χ3v) is 4.89. The van der Waals surface area contributed by atoms with Crippen LogP contribution in [0.4, 0.5) is 16.3 Å². The van der Waals surface area contributed by atoms with Gasteiger partial charge < -0.3 is 11.1 Å². The maximum absolute atomic E-state index is 14.2. The molecule has 0 unspecified atom stereocenters. The fourth-order valence-electron chi connectivity index (χ4n) is 3.29. The highest BCUT2D eigenvalue weighted by molar-refractivity contribution is 5.48. The summed E-state index contributed by atoms with van der Waals surface area (Å²) in [4.78, 5) is 12.3. The fraction of sp³-hybridized carbons (Fsp3) is 0.500. The predicted octanol–water partition coefficient (Wildman–Crippen LogP) is 3.49. The van der Waals surface area contributed by atoms with E-state index in [9.17, 15) is 4.39 Å². The van der Waals surface area contributed by atoms with E-state index in [1.807, 2.05) is 0 Å². The number of hydrogen-bond donors (Lipinski definition) is 2. The van der Waals surface area contributed by atoms with Gasteiger partial charge in [0.2, 0.25) is 11.9 Å². The number of halogens is 1. The number of nitrogens with one attached hydrogen (secondary N) is 1. The minimum atomic E-state index is -1.68. The summed E-state index contributed by atoms with van der Waals surface area (Å²) >= 11 is 0. The van der Waals surface area contributed by atoms with Gasteiger partial charge in [0.15, 0.2) is 11.5 Å². The monoisotopic (exact) mass is 329 g/mol. The highest BCUT2D eigenvalue weighted by Crippen LogP contribution is 2.43. The Bertz CT molecular complexity index is 783. The Morgan fingerprint density at radius 2 is 2.00 bits per heavy atom. The van der Waals surface area contributed by atoms with Crippen molar-refractivity contribution >= 4 is 11.9 Å². The lowest BCUT2D eigenvalue weighted by Gasteiger charge is -2.32. The molecule has 0 spiro atoms. The second-order valence-corrected chi connectivity index (χ2v) is 7.41. The summed E-state index contributed by atoms with van der Waals surface area (Å²) in [5.74, 6) is 0.712. The van der Waals surface area contributed by atoms with E-state index in [1.54, 1.807) is 0 Å². The van der Waals surface area contributed by atoms with Crippen LogP contribution in [0.2, 0.25) is 0 Å². The molecule has 0 saturated carbocycles. The average molecular weight is 329 g/mol. The van der Waals surface area contributed by atoms with Crippen molar-refractivity contribution in [3.63, 3.8) is 0 Å². The molecule has 0 saturated heterocycles. The average Bonchev–Trinajstić information content (AvgIpc) is 2.69. The van der Waals surface area contributed by atoms with Gasteiger partial charge in [-0.2, -0.15) is 15.0 Å². The van der Waals surface area contributed by atoms with Crippen molar-refractivity contribution in [1.29, 1.82) is 0 Å². The second-order valence-electron chi connectivity index (χ2n) is 7.41. The van der Waals surface area contributed by atoms with Crippen LogP contribution in [0.3, 0.4) is 0 Å². The highest BCUT2D eigenvalue weighted by atomic mass is 19.1. The SMILES string of the molecule is Cc1ccc2c(c1)[C@](C)(Nc1nc(N)nc(C(C)(C)F)n1)[C@@H](C)C2. The second kappa shape index (κ2) is 5.40. The maximum Gasteiger partial charge on any atom is 0.228 e. The number of benzene rings is 1. The molecule has 1 aliphatic carbocycles. The first-order chi connectivity index (χ1) is 11.1. The number of aryl methyl sites for hydroxylation is 1. The van der Waals surface area contributed by atoms with Crippen molar-refractivity contribution in [3.8, 4) is 0 Å². The van der Waals surface area contributed by atoms with Gasteiger partial charge in [-0.25, -0.2) is 4.39 Å². The zero-order chi connectivity index (χ0) is 17.7. The van der Waals surface area contributed by atoms with E-state index in [-0.39, 0.29) is 17.3 Å². The van der Waals surface area contributed by atoms with Crippen LogP contribution in [0.1, 0.15) is 50.2 Å². The highest BCUT2D eigenvalue weighted by Gasteiger charge is 2.41. The van der Waals surface area contributed by atoms with Gasteiger partial charge in [0.25, 0.3) is 0 Å². The summed E-state index contributed by atoms with van der Waals surface area (Å²) in [5.41, 5.74) is 7.49. The van der Waals surface area contributed by atoms with Crippen LogP contribution in [-0.2, 0) is 17.6 Å². The summed E-state index contributed by atoms with van der Waals surface area (Å²) in [6.07, 6.45) is 0.973. The molecule has 3 rings (SSSR count). The van der Waals surface area contributed by atoms with Gasteiger partial charge in [0.1, 0.15) is 0 Å². The number of anilines is 2. The lowest BCUT2D eigenvalue weighted by molar-refractivity contribution is 0.206. The summed E-state index contributed by atoms with van der Waals surface area (Å²) in [6.45, 7) is 9.21. The van der Waals surface area contributed by atoms with Crippen molar-refractivity contribution in [2.24, 2.45) is 5.92 Å². The lowest BCUT2D eigenvalue weighted by atomic mass is 9.86. The van der Waals surface area contributed by atoms with E-state index >= 15 is 0 Å². The molecule has 0 radical (unpaired) electrons. The van der Waals surface area contributed by atoms with Gasteiger partial charge in [0, 0.05) is 0 Å². The van der Waals surface area contributed by atoms with Crippen LogP contribution in [0.15, 0.2) is 18.2 Å². The van der Waals surface area contributed by atoms with Crippen LogP contribution in [-0.4, -0.2) is 15.0 Å². The Kier molecular flexibility index (Phi) is 3.73. The first kappa shape index (κ1) is 16.6. The topological polar surface area (TPSA) is 76.7 Å². The van der Waals surface area contributed by atoms with Gasteiger partial charge in [0.05, 0.1) is 5.54 Å². The molecule has 1 aromatic carbocycles. The number of aromatic nitrogens is 3. The van der Waals surface area contributed by atoms with Crippen LogP contribution in [0.25, 0.3) is 0 Å². The Hall–Kier alpha value is -2.24. The van der Waals surface area contributed by atoms with Gasteiger partial charge in [-0.15, -0.1) is 0 Å². The largest absolute Gasteiger partial charge is 0.368 e. The zero-order valence-electron chi connectivity index (χ0n) is 14.8. The predicted molar refractivity (Wildman–Crippen MR) is 93.4 cm³/mol. The smallest absolute Gasteiger partial charge is 0.228 e. The molecular formula is C18H24FN5. The molecule has 0 aliphatic heterocycles. The standard InChI is InChI=1S/C18H24FN5/c1-10-6-7-12-9-11(2)18(5,13(12)8-10)24-16-22-14(17(3,4)19)21-15(20)23-16/h6-8,11H,9H2,1-5H3,(H3,20,21,22,23,24)/t11-,18+/m0/s1. The van der Waals surface area contributed by atoms with E-state index in [0.717, 1.165) is 6.42 Å².